The summed E-state index contributed by atoms with van der Waals surface area (Å²) in [6.45, 7) is 2.66. The van der Waals surface area contributed by atoms with E-state index in [1.165, 1.54) is 19.9 Å². The molecule has 0 fully saturated rings. The normalized spacial score (nSPS) is 13.5. The van der Waals surface area contributed by atoms with E-state index < -0.39 is 35.7 Å². The van der Waals surface area contributed by atoms with Crippen molar-refractivity contribution >= 4 is 11.9 Å². The number of carboxylic acid groups (broad SMARTS) is 1. The van der Waals surface area contributed by atoms with Gasteiger partial charge in [-0.25, -0.2) is 8.78 Å². The van der Waals surface area contributed by atoms with E-state index in [2.05, 4.69) is 5.32 Å². The van der Waals surface area contributed by atoms with Gasteiger partial charge in [0, 0.05) is 6.07 Å². The average Bonchev–Trinajstić information content (AvgIpc) is 2.33. The lowest BCUT2D eigenvalue weighted by atomic mass is 10.3. The molecule has 19 heavy (non-hydrogen) atoms. The molecular weight excluding hydrogens is 260 g/mol. The van der Waals surface area contributed by atoms with Gasteiger partial charge in [0.05, 0.1) is 0 Å². The molecule has 2 N–H and O–H groups in total. The molecule has 5 nitrogen and oxygen atoms in total. The van der Waals surface area contributed by atoms with Crippen molar-refractivity contribution < 1.29 is 28.2 Å². The quantitative estimate of drug-likeness (QED) is 0.848. The molecule has 1 aromatic rings. The molecule has 7 heteroatoms. The van der Waals surface area contributed by atoms with Crippen molar-refractivity contribution in [3.05, 3.63) is 29.8 Å². The van der Waals surface area contributed by atoms with Crippen LogP contribution in [0.15, 0.2) is 18.2 Å². The number of hydrogen-bond acceptors (Lipinski definition) is 3. The number of halogens is 2. The van der Waals surface area contributed by atoms with Crippen molar-refractivity contribution in [3.8, 4) is 5.75 Å². The van der Waals surface area contributed by atoms with E-state index in [-0.39, 0.29) is 5.75 Å². The highest BCUT2D eigenvalue weighted by Gasteiger charge is 2.20. The summed E-state index contributed by atoms with van der Waals surface area (Å²) in [4.78, 5) is 22.1. The van der Waals surface area contributed by atoms with Crippen molar-refractivity contribution in [1.82, 2.24) is 5.32 Å². The zero-order valence-corrected chi connectivity index (χ0v) is 10.3. The molecule has 0 aromatic heterocycles. The molecule has 1 rings (SSSR count). The standard InChI is InChI=1S/C12H13F2NO4/c1-6(12(17)18)15-11(16)7(2)19-8-3-4-9(13)10(14)5-8/h3-7H,1-2H3,(H,15,16)(H,17,18). The van der Waals surface area contributed by atoms with Crippen LogP contribution in [-0.4, -0.2) is 29.1 Å². The van der Waals surface area contributed by atoms with Gasteiger partial charge in [-0.05, 0) is 26.0 Å². The van der Waals surface area contributed by atoms with Gasteiger partial charge in [0.25, 0.3) is 5.91 Å². The lowest BCUT2D eigenvalue weighted by molar-refractivity contribution is -0.142. The molecule has 104 valence electrons. The predicted octanol–water partition coefficient (Wildman–Crippen LogP) is 1.32. The molecule has 2 atom stereocenters. The summed E-state index contributed by atoms with van der Waals surface area (Å²) in [6, 6.07) is 1.78. The second-order valence-electron chi connectivity index (χ2n) is 3.90. The predicted molar refractivity (Wildman–Crippen MR) is 61.7 cm³/mol. The SMILES string of the molecule is CC(NC(=O)C(C)Oc1ccc(F)c(F)c1)C(=O)O. The lowest BCUT2D eigenvalue weighted by Crippen LogP contribution is -2.44. The summed E-state index contributed by atoms with van der Waals surface area (Å²) in [5.41, 5.74) is 0. The topological polar surface area (TPSA) is 75.6 Å². The Balaban J connectivity index is 2.63. The van der Waals surface area contributed by atoms with Crippen molar-refractivity contribution in [1.29, 1.82) is 0 Å². The fourth-order valence-corrected chi connectivity index (χ4v) is 1.20. The highest BCUT2D eigenvalue weighted by Crippen LogP contribution is 2.16. The van der Waals surface area contributed by atoms with Crippen LogP contribution in [0.5, 0.6) is 5.75 Å². The summed E-state index contributed by atoms with van der Waals surface area (Å²) in [7, 11) is 0. The fraction of sp³-hybridized carbons (Fsp3) is 0.333. The van der Waals surface area contributed by atoms with Gasteiger partial charge in [0.15, 0.2) is 17.7 Å². The Labute approximate surface area is 108 Å². The van der Waals surface area contributed by atoms with E-state index in [4.69, 9.17) is 9.84 Å². The Bertz CT molecular complexity index is 493. The van der Waals surface area contributed by atoms with Gasteiger partial charge in [-0.15, -0.1) is 0 Å². The number of ether oxygens (including phenoxy) is 1. The van der Waals surface area contributed by atoms with Crippen LogP contribution < -0.4 is 10.1 Å². The molecule has 0 spiro atoms. The zero-order valence-electron chi connectivity index (χ0n) is 10.3. The third kappa shape index (κ3) is 4.20. The highest BCUT2D eigenvalue weighted by molar-refractivity contribution is 5.86. The molecular formula is C12H13F2NO4. The summed E-state index contributed by atoms with van der Waals surface area (Å²) in [6.07, 6.45) is -1.04. The van der Waals surface area contributed by atoms with E-state index in [0.29, 0.717) is 0 Å². The number of aliphatic carboxylic acids is 1. The van der Waals surface area contributed by atoms with Crippen LogP contribution in [0.4, 0.5) is 8.78 Å². The average molecular weight is 273 g/mol. The Kier molecular flexibility index (Phi) is 4.80. The Morgan fingerprint density at radius 2 is 1.89 bits per heavy atom. The fourth-order valence-electron chi connectivity index (χ4n) is 1.20. The first-order valence-electron chi connectivity index (χ1n) is 5.46. The third-order valence-electron chi connectivity index (χ3n) is 2.30. The van der Waals surface area contributed by atoms with Crippen LogP contribution in [0.3, 0.4) is 0 Å². The van der Waals surface area contributed by atoms with Crippen molar-refractivity contribution in [3.63, 3.8) is 0 Å². The van der Waals surface area contributed by atoms with Crippen LogP contribution in [0.25, 0.3) is 0 Å². The van der Waals surface area contributed by atoms with Gasteiger partial charge in [0.2, 0.25) is 0 Å². The summed E-state index contributed by atoms with van der Waals surface area (Å²) in [5.74, 6) is -3.99. The van der Waals surface area contributed by atoms with E-state index >= 15 is 0 Å². The monoisotopic (exact) mass is 273 g/mol. The van der Waals surface area contributed by atoms with Crippen molar-refractivity contribution in [2.75, 3.05) is 0 Å². The number of benzene rings is 1. The Morgan fingerprint density at radius 3 is 2.42 bits per heavy atom. The van der Waals surface area contributed by atoms with Crippen LogP contribution in [0, 0.1) is 11.6 Å². The van der Waals surface area contributed by atoms with Crippen molar-refractivity contribution in [2.45, 2.75) is 26.0 Å². The molecule has 1 aromatic carbocycles. The van der Waals surface area contributed by atoms with Gasteiger partial charge in [-0.3, -0.25) is 9.59 Å². The Morgan fingerprint density at radius 1 is 1.26 bits per heavy atom. The van der Waals surface area contributed by atoms with Gasteiger partial charge >= 0.3 is 5.97 Å². The first-order valence-corrected chi connectivity index (χ1v) is 5.46. The minimum Gasteiger partial charge on any atom is -0.481 e. The first-order chi connectivity index (χ1) is 8.81. The maximum atomic E-state index is 12.9. The molecule has 2 unspecified atom stereocenters. The number of rotatable bonds is 5. The van der Waals surface area contributed by atoms with E-state index in [0.717, 1.165) is 12.1 Å². The first kappa shape index (κ1) is 14.9. The molecule has 0 bridgehead atoms. The largest absolute Gasteiger partial charge is 0.481 e. The molecule has 0 aliphatic heterocycles. The number of amides is 1. The minimum atomic E-state index is -1.19. The maximum Gasteiger partial charge on any atom is 0.325 e. The van der Waals surface area contributed by atoms with Crippen LogP contribution in [0.2, 0.25) is 0 Å². The highest BCUT2D eigenvalue weighted by atomic mass is 19.2. The number of carbonyl (C=O) groups excluding carboxylic acids is 1. The number of carbonyl (C=O) groups is 2. The molecule has 1 amide bonds. The minimum absolute atomic E-state index is 0.0236. The molecule has 0 heterocycles. The van der Waals surface area contributed by atoms with E-state index in [9.17, 15) is 18.4 Å². The summed E-state index contributed by atoms with van der Waals surface area (Å²) >= 11 is 0. The van der Waals surface area contributed by atoms with Crippen molar-refractivity contribution in [2.24, 2.45) is 0 Å². The Hall–Kier alpha value is -2.18. The van der Waals surface area contributed by atoms with E-state index in [1.807, 2.05) is 0 Å². The molecule has 0 saturated heterocycles. The third-order valence-corrected chi connectivity index (χ3v) is 2.30. The number of nitrogens with one attached hydrogen (secondary N) is 1. The second-order valence-corrected chi connectivity index (χ2v) is 3.90. The molecule has 0 saturated carbocycles. The van der Waals surface area contributed by atoms with Gasteiger partial charge in [-0.2, -0.15) is 0 Å². The molecule has 0 aliphatic rings. The van der Waals surface area contributed by atoms with Gasteiger partial charge < -0.3 is 15.2 Å². The van der Waals surface area contributed by atoms with E-state index in [1.54, 1.807) is 0 Å². The van der Waals surface area contributed by atoms with Gasteiger partial charge in [-0.1, -0.05) is 0 Å². The summed E-state index contributed by atoms with van der Waals surface area (Å²) < 4.78 is 30.7. The second kappa shape index (κ2) is 6.12. The lowest BCUT2D eigenvalue weighted by Gasteiger charge is -2.16. The smallest absolute Gasteiger partial charge is 0.325 e. The van der Waals surface area contributed by atoms with Crippen LogP contribution in [0.1, 0.15) is 13.8 Å². The zero-order chi connectivity index (χ0) is 14.6. The van der Waals surface area contributed by atoms with Crippen LogP contribution in [-0.2, 0) is 9.59 Å². The van der Waals surface area contributed by atoms with Crippen LogP contribution >= 0.6 is 0 Å². The molecule has 0 radical (unpaired) electrons. The molecule has 0 aliphatic carbocycles. The maximum absolute atomic E-state index is 12.9. The summed E-state index contributed by atoms with van der Waals surface area (Å²) in [5, 5.41) is 10.8. The van der Waals surface area contributed by atoms with Gasteiger partial charge in [0.1, 0.15) is 11.8 Å². The number of carboxylic acids is 1. The number of hydrogen-bond donors (Lipinski definition) is 2.